The number of sulfonamides is 1. The first-order chi connectivity index (χ1) is 10.1. The third-order valence-corrected chi connectivity index (χ3v) is 5.83. The van der Waals surface area contributed by atoms with Crippen LogP contribution in [0.15, 0.2) is 16.5 Å². The fourth-order valence-electron chi connectivity index (χ4n) is 2.60. The van der Waals surface area contributed by atoms with E-state index in [1.54, 1.807) is 0 Å². The van der Waals surface area contributed by atoms with E-state index in [-0.39, 0.29) is 12.5 Å². The van der Waals surface area contributed by atoms with E-state index in [9.17, 15) is 13.5 Å². The lowest BCUT2D eigenvalue weighted by Gasteiger charge is -2.40. The zero-order chi connectivity index (χ0) is 16.5. The van der Waals surface area contributed by atoms with Gasteiger partial charge in [0.2, 0.25) is 10.0 Å². The van der Waals surface area contributed by atoms with Gasteiger partial charge in [-0.15, -0.1) is 0 Å². The first kappa shape index (κ1) is 17.5. The molecule has 2 atom stereocenters. The molecule has 0 aliphatic carbocycles. The van der Waals surface area contributed by atoms with Crippen LogP contribution in [0.4, 0.5) is 0 Å². The molecule has 1 aromatic heterocycles. The Bertz CT molecular complexity index is 609. The van der Waals surface area contributed by atoms with Gasteiger partial charge in [-0.05, 0) is 31.4 Å². The highest BCUT2D eigenvalue weighted by Crippen LogP contribution is 2.28. The number of hydrogen-bond acceptors (Lipinski definition) is 5. The normalized spacial score (nSPS) is 27.5. The lowest BCUT2D eigenvalue weighted by Crippen LogP contribution is -2.48. The van der Waals surface area contributed by atoms with Crippen molar-refractivity contribution in [2.45, 2.75) is 39.0 Å². The molecule has 1 aliphatic heterocycles. The van der Waals surface area contributed by atoms with Crippen molar-refractivity contribution in [2.24, 2.45) is 5.92 Å². The van der Waals surface area contributed by atoms with Crippen molar-refractivity contribution in [3.63, 3.8) is 0 Å². The molecule has 2 heterocycles. The smallest absolute Gasteiger partial charge is 0.211 e. The molecule has 0 saturated carbocycles. The lowest BCUT2D eigenvalue weighted by atomic mass is 9.84. The van der Waals surface area contributed by atoms with E-state index < -0.39 is 15.6 Å². The number of likely N-dealkylation sites (tertiary alicyclic amines) is 1. The van der Waals surface area contributed by atoms with Gasteiger partial charge in [-0.2, -0.15) is 4.31 Å². The lowest BCUT2D eigenvalue weighted by molar-refractivity contribution is -0.0535. The van der Waals surface area contributed by atoms with Crippen LogP contribution >= 0.6 is 0 Å². The van der Waals surface area contributed by atoms with Gasteiger partial charge in [0.1, 0.15) is 11.5 Å². The SMILES string of the molecule is CC1CN(Cc2ccc(CN(C)S(C)(=O)=O)o2)CC[C@]1(C)O. The second-order valence-corrected chi connectivity index (χ2v) is 8.72. The predicted molar refractivity (Wildman–Crippen MR) is 84.7 cm³/mol. The van der Waals surface area contributed by atoms with E-state index >= 15 is 0 Å². The van der Waals surface area contributed by atoms with Gasteiger partial charge in [-0.3, -0.25) is 4.90 Å². The molecule has 0 bridgehead atoms. The van der Waals surface area contributed by atoms with Crippen LogP contribution in [0.25, 0.3) is 0 Å². The van der Waals surface area contributed by atoms with E-state index in [0.29, 0.717) is 12.3 Å². The molecule has 1 fully saturated rings. The fourth-order valence-corrected chi connectivity index (χ4v) is 2.96. The summed E-state index contributed by atoms with van der Waals surface area (Å²) in [5.41, 5.74) is -0.594. The van der Waals surface area contributed by atoms with Crippen LogP contribution in [-0.2, 0) is 23.1 Å². The van der Waals surface area contributed by atoms with Gasteiger partial charge in [0.05, 0.1) is 24.9 Å². The van der Waals surface area contributed by atoms with Crippen LogP contribution < -0.4 is 0 Å². The maximum Gasteiger partial charge on any atom is 0.211 e. The Morgan fingerprint density at radius 3 is 2.68 bits per heavy atom. The van der Waals surface area contributed by atoms with E-state index in [4.69, 9.17) is 4.42 Å². The van der Waals surface area contributed by atoms with Crippen molar-refractivity contribution < 1.29 is 17.9 Å². The highest BCUT2D eigenvalue weighted by molar-refractivity contribution is 7.88. The maximum absolute atomic E-state index is 11.4. The van der Waals surface area contributed by atoms with Gasteiger partial charge in [-0.1, -0.05) is 6.92 Å². The van der Waals surface area contributed by atoms with Gasteiger partial charge in [0.25, 0.3) is 0 Å². The number of furan rings is 1. The Labute approximate surface area is 132 Å². The van der Waals surface area contributed by atoms with Crippen LogP contribution in [0.2, 0.25) is 0 Å². The topological polar surface area (TPSA) is 74.0 Å². The molecule has 0 aromatic carbocycles. The van der Waals surface area contributed by atoms with Crippen LogP contribution in [0.3, 0.4) is 0 Å². The molecule has 6 nitrogen and oxygen atoms in total. The minimum atomic E-state index is -3.20. The summed E-state index contributed by atoms with van der Waals surface area (Å²) in [4.78, 5) is 2.26. The molecule has 1 aliphatic rings. The van der Waals surface area contributed by atoms with Crippen molar-refractivity contribution >= 4 is 10.0 Å². The number of piperidine rings is 1. The van der Waals surface area contributed by atoms with Crippen LogP contribution in [-0.4, -0.2) is 54.7 Å². The second kappa shape index (κ2) is 6.31. The molecule has 0 spiro atoms. The summed E-state index contributed by atoms with van der Waals surface area (Å²) >= 11 is 0. The van der Waals surface area contributed by atoms with Crippen molar-refractivity contribution in [3.05, 3.63) is 23.7 Å². The maximum atomic E-state index is 11.4. The van der Waals surface area contributed by atoms with E-state index in [2.05, 4.69) is 11.8 Å². The Kier molecular flexibility index (Phi) is 5.01. The highest BCUT2D eigenvalue weighted by Gasteiger charge is 2.34. The Balaban J connectivity index is 1.93. The van der Waals surface area contributed by atoms with E-state index in [0.717, 1.165) is 25.3 Å². The van der Waals surface area contributed by atoms with Gasteiger partial charge < -0.3 is 9.52 Å². The number of rotatable bonds is 5. The number of aliphatic hydroxyl groups is 1. The van der Waals surface area contributed by atoms with Gasteiger partial charge in [0, 0.05) is 20.1 Å². The molecule has 1 saturated heterocycles. The quantitative estimate of drug-likeness (QED) is 0.880. The summed E-state index contributed by atoms with van der Waals surface area (Å²) in [5.74, 6) is 1.68. The molecule has 1 unspecified atom stereocenters. The van der Waals surface area contributed by atoms with Crippen molar-refractivity contribution in [1.29, 1.82) is 0 Å². The molecule has 1 aromatic rings. The summed E-state index contributed by atoms with van der Waals surface area (Å²) in [5, 5.41) is 10.2. The van der Waals surface area contributed by atoms with Gasteiger partial charge in [0.15, 0.2) is 0 Å². The molecule has 0 amide bonds. The Hall–Kier alpha value is -0.890. The zero-order valence-electron chi connectivity index (χ0n) is 13.7. The van der Waals surface area contributed by atoms with Crippen LogP contribution in [0.5, 0.6) is 0 Å². The van der Waals surface area contributed by atoms with E-state index in [1.807, 2.05) is 19.1 Å². The molecule has 22 heavy (non-hydrogen) atoms. The van der Waals surface area contributed by atoms with Crippen molar-refractivity contribution in [1.82, 2.24) is 9.21 Å². The highest BCUT2D eigenvalue weighted by atomic mass is 32.2. The average molecular weight is 330 g/mol. The molecular weight excluding hydrogens is 304 g/mol. The fraction of sp³-hybridized carbons (Fsp3) is 0.733. The van der Waals surface area contributed by atoms with Gasteiger partial charge >= 0.3 is 0 Å². The standard InChI is InChI=1S/C15H26N2O4S/c1-12-9-17(8-7-15(12,2)18)11-14-6-5-13(21-14)10-16(3)22(4,19)20/h5-6,12,18H,7-11H2,1-4H3/t12?,15-/m0/s1. The molecule has 126 valence electrons. The second-order valence-electron chi connectivity index (χ2n) is 6.63. The summed E-state index contributed by atoms with van der Waals surface area (Å²) in [7, 11) is -1.67. The minimum absolute atomic E-state index is 0.215. The number of hydrogen-bond donors (Lipinski definition) is 1. The predicted octanol–water partition coefficient (Wildman–Crippen LogP) is 1.26. The monoisotopic (exact) mass is 330 g/mol. The average Bonchev–Trinajstić information content (AvgIpc) is 2.80. The number of nitrogens with zero attached hydrogens (tertiary/aromatic N) is 2. The Morgan fingerprint density at radius 2 is 2.09 bits per heavy atom. The van der Waals surface area contributed by atoms with Gasteiger partial charge in [-0.25, -0.2) is 8.42 Å². The molecule has 0 radical (unpaired) electrons. The van der Waals surface area contributed by atoms with Crippen molar-refractivity contribution in [3.8, 4) is 0 Å². The molecule has 2 rings (SSSR count). The van der Waals surface area contributed by atoms with E-state index in [1.165, 1.54) is 17.6 Å². The zero-order valence-corrected chi connectivity index (χ0v) is 14.6. The molecule has 7 heteroatoms. The third kappa shape index (κ3) is 4.32. The third-order valence-electron chi connectivity index (χ3n) is 4.57. The Morgan fingerprint density at radius 1 is 1.45 bits per heavy atom. The summed E-state index contributed by atoms with van der Waals surface area (Å²) in [6, 6.07) is 3.71. The molecule has 1 N–H and O–H groups in total. The summed E-state index contributed by atoms with van der Waals surface area (Å²) in [6.45, 7) is 6.53. The van der Waals surface area contributed by atoms with Crippen molar-refractivity contribution in [2.75, 3.05) is 26.4 Å². The molecular formula is C15H26N2O4S. The largest absolute Gasteiger partial charge is 0.463 e. The van der Waals surface area contributed by atoms with Crippen LogP contribution in [0.1, 0.15) is 31.8 Å². The first-order valence-corrected chi connectivity index (χ1v) is 9.36. The summed E-state index contributed by atoms with van der Waals surface area (Å²) in [6.07, 6.45) is 1.93. The summed E-state index contributed by atoms with van der Waals surface area (Å²) < 4.78 is 29.8. The minimum Gasteiger partial charge on any atom is -0.463 e. The van der Waals surface area contributed by atoms with Crippen LogP contribution in [0, 0.1) is 5.92 Å². The first-order valence-electron chi connectivity index (χ1n) is 7.51.